The van der Waals surface area contributed by atoms with Crippen molar-refractivity contribution in [3.05, 3.63) is 22.5 Å². The molecule has 4 rings (SSSR count). The first-order chi connectivity index (χ1) is 15.8. The van der Waals surface area contributed by atoms with Crippen molar-refractivity contribution in [2.75, 3.05) is 25.2 Å². The van der Waals surface area contributed by atoms with E-state index in [1.165, 1.54) is 24.3 Å². The number of thioether (sulfide) groups is 1. The van der Waals surface area contributed by atoms with Gasteiger partial charge >= 0.3 is 5.97 Å². The summed E-state index contributed by atoms with van der Waals surface area (Å²) in [7, 11) is 1.26. The number of aromatic nitrogens is 1. The second-order valence-corrected chi connectivity index (χ2v) is 9.24. The van der Waals surface area contributed by atoms with Gasteiger partial charge in [0.1, 0.15) is 36.6 Å². The maximum absolute atomic E-state index is 12.8. The molecule has 0 spiro atoms. The molecule has 0 radical (unpaired) electrons. The van der Waals surface area contributed by atoms with Crippen LogP contribution in [0.25, 0.3) is 0 Å². The van der Waals surface area contributed by atoms with Crippen LogP contribution in [0.15, 0.2) is 22.0 Å². The van der Waals surface area contributed by atoms with Crippen LogP contribution in [-0.2, 0) is 28.8 Å². The molecule has 176 valence electrons. The number of nitrogen functional groups attached to an aromatic ring is 1. The van der Waals surface area contributed by atoms with Crippen molar-refractivity contribution in [2.45, 2.75) is 30.3 Å². The number of nitrogens with zero attached hydrogens (tertiary/aromatic N) is 3. The van der Waals surface area contributed by atoms with Gasteiger partial charge in [0, 0.05) is 11.8 Å². The number of thiazole rings is 1. The quantitative estimate of drug-likeness (QED) is 0.199. The second-order valence-electron chi connectivity index (χ2n) is 7.25. The molecule has 13 nitrogen and oxygen atoms in total. The molecule has 3 amide bonds. The monoisotopic (exact) mass is 496 g/mol. The van der Waals surface area contributed by atoms with Crippen LogP contribution in [0.1, 0.15) is 18.5 Å². The van der Waals surface area contributed by atoms with E-state index < -0.39 is 29.2 Å². The number of rotatable bonds is 8. The number of nitrogens with two attached hydrogens (primary N) is 1. The highest BCUT2D eigenvalue weighted by Crippen LogP contribution is 2.40. The molecule has 3 atom stereocenters. The number of hydrogen-bond donors (Lipinski definition) is 4. The van der Waals surface area contributed by atoms with Crippen molar-refractivity contribution in [1.82, 2.24) is 20.5 Å². The molecule has 4 heterocycles. The molecule has 0 saturated carbocycles. The predicted molar refractivity (Wildman–Crippen MR) is 117 cm³/mol. The summed E-state index contributed by atoms with van der Waals surface area (Å²) in [5.41, 5.74) is 5.38. The Labute approximate surface area is 195 Å². The number of fused-ring (bicyclic) bond motifs is 1. The lowest BCUT2D eigenvalue weighted by Crippen LogP contribution is -2.71. The summed E-state index contributed by atoms with van der Waals surface area (Å²) >= 11 is 2.37. The molecule has 1 aromatic rings. The number of aliphatic carboxylic acids is 1. The Hall–Kier alpha value is -3.33. The fraction of sp³-hybridized carbons (Fsp3) is 0.444. The topological polar surface area (TPSA) is 186 Å². The van der Waals surface area contributed by atoms with Gasteiger partial charge in [-0.15, -0.1) is 23.1 Å². The first-order valence-electron chi connectivity index (χ1n) is 9.76. The Morgan fingerprint density at radius 3 is 2.85 bits per heavy atom. The van der Waals surface area contributed by atoms with Gasteiger partial charge in [-0.25, -0.2) is 9.78 Å². The maximum atomic E-state index is 12.8. The molecule has 3 aliphatic heterocycles. The van der Waals surface area contributed by atoms with Crippen LogP contribution in [0, 0.1) is 0 Å². The van der Waals surface area contributed by atoms with Crippen LogP contribution in [0.4, 0.5) is 5.13 Å². The average molecular weight is 497 g/mol. The Morgan fingerprint density at radius 2 is 2.24 bits per heavy atom. The van der Waals surface area contributed by atoms with E-state index in [9.17, 15) is 24.3 Å². The summed E-state index contributed by atoms with van der Waals surface area (Å²) in [4.78, 5) is 58.6. The van der Waals surface area contributed by atoms with E-state index >= 15 is 0 Å². The number of anilines is 1. The van der Waals surface area contributed by atoms with Crippen molar-refractivity contribution in [3.8, 4) is 0 Å². The largest absolute Gasteiger partial charge is 0.492 e. The summed E-state index contributed by atoms with van der Waals surface area (Å²) in [5, 5.41) is 19.8. The lowest BCUT2D eigenvalue weighted by atomic mass is 10.0. The molecule has 0 bridgehead atoms. The number of carbonyl (C=O) groups is 4. The van der Waals surface area contributed by atoms with Gasteiger partial charge in [-0.05, 0) is 6.42 Å². The number of β-lactam (4-membered cyclic amide) rings is 1. The Morgan fingerprint density at radius 1 is 1.45 bits per heavy atom. The first kappa shape index (κ1) is 22.8. The molecule has 1 aromatic heterocycles. The van der Waals surface area contributed by atoms with Gasteiger partial charge < -0.3 is 31.0 Å². The molecular weight excluding hydrogens is 476 g/mol. The van der Waals surface area contributed by atoms with Crippen LogP contribution >= 0.6 is 23.1 Å². The minimum absolute atomic E-state index is 0.0812. The number of hydrogen-bond acceptors (Lipinski definition) is 11. The SMILES string of the molecule is CO/N=C(\C(=O)N[C@@H]1C(=O)N2C(C(=O)O)=C(OCC3CCC(=O)N3)CS[C@H]12)c1csc(N)n1. The third kappa shape index (κ3) is 4.45. The van der Waals surface area contributed by atoms with Crippen LogP contribution in [-0.4, -0.2) is 81.3 Å². The summed E-state index contributed by atoms with van der Waals surface area (Å²) in [6, 6.07) is -1.18. The van der Waals surface area contributed by atoms with Crippen LogP contribution in [0.5, 0.6) is 0 Å². The van der Waals surface area contributed by atoms with Gasteiger partial charge in [-0.1, -0.05) is 5.16 Å². The number of ether oxygens (including phenoxy) is 1. The van der Waals surface area contributed by atoms with E-state index in [2.05, 4.69) is 20.8 Å². The zero-order chi connectivity index (χ0) is 23.7. The highest BCUT2D eigenvalue weighted by molar-refractivity contribution is 8.00. The van der Waals surface area contributed by atoms with Gasteiger partial charge in [0.05, 0.1) is 11.8 Å². The zero-order valence-electron chi connectivity index (χ0n) is 17.3. The van der Waals surface area contributed by atoms with Crippen LogP contribution < -0.4 is 16.4 Å². The highest BCUT2D eigenvalue weighted by atomic mass is 32.2. The van der Waals surface area contributed by atoms with Crippen molar-refractivity contribution >= 4 is 57.6 Å². The zero-order valence-corrected chi connectivity index (χ0v) is 18.9. The normalized spacial score (nSPS) is 24.7. The van der Waals surface area contributed by atoms with Gasteiger partial charge in [0.2, 0.25) is 5.91 Å². The Kier molecular flexibility index (Phi) is 6.42. The molecule has 15 heteroatoms. The van der Waals surface area contributed by atoms with Gasteiger partial charge in [0.15, 0.2) is 16.5 Å². The first-order valence-corrected chi connectivity index (χ1v) is 11.7. The third-order valence-electron chi connectivity index (χ3n) is 5.13. The fourth-order valence-corrected chi connectivity index (χ4v) is 5.43. The minimum Gasteiger partial charge on any atom is -0.492 e. The van der Waals surface area contributed by atoms with Crippen molar-refractivity contribution in [2.24, 2.45) is 5.16 Å². The number of carbonyl (C=O) groups excluding carboxylic acids is 3. The smallest absolute Gasteiger partial charge is 0.356 e. The number of carboxylic acids is 1. The summed E-state index contributed by atoms with van der Waals surface area (Å²) in [6.07, 6.45) is 0.987. The van der Waals surface area contributed by atoms with Crippen molar-refractivity contribution < 1.29 is 33.9 Å². The third-order valence-corrected chi connectivity index (χ3v) is 7.06. The second kappa shape index (κ2) is 9.27. The number of oxime groups is 1. The molecule has 2 saturated heterocycles. The van der Waals surface area contributed by atoms with E-state index in [0.717, 1.165) is 16.2 Å². The number of amides is 3. The number of nitrogens with one attached hydrogen (secondary N) is 2. The van der Waals surface area contributed by atoms with Crippen LogP contribution in [0.2, 0.25) is 0 Å². The molecule has 3 aliphatic rings. The van der Waals surface area contributed by atoms with E-state index in [4.69, 9.17) is 15.3 Å². The molecular formula is C18H20N6O7S2. The Bertz CT molecular complexity index is 1070. The van der Waals surface area contributed by atoms with Gasteiger partial charge in [-0.2, -0.15) is 0 Å². The molecule has 33 heavy (non-hydrogen) atoms. The molecule has 2 fully saturated rings. The lowest BCUT2D eigenvalue weighted by molar-refractivity contribution is -0.150. The summed E-state index contributed by atoms with van der Waals surface area (Å²) < 4.78 is 5.66. The van der Waals surface area contributed by atoms with Gasteiger partial charge in [-0.3, -0.25) is 19.3 Å². The van der Waals surface area contributed by atoms with E-state index in [1.54, 1.807) is 0 Å². The van der Waals surface area contributed by atoms with E-state index in [1.807, 2.05) is 0 Å². The minimum atomic E-state index is -1.32. The lowest BCUT2D eigenvalue weighted by Gasteiger charge is -2.49. The average Bonchev–Trinajstić information content (AvgIpc) is 3.40. The van der Waals surface area contributed by atoms with E-state index in [0.29, 0.717) is 12.8 Å². The molecule has 1 unspecified atom stereocenters. The van der Waals surface area contributed by atoms with Gasteiger partial charge in [0.25, 0.3) is 11.8 Å². The highest BCUT2D eigenvalue weighted by Gasteiger charge is 2.55. The summed E-state index contributed by atoms with van der Waals surface area (Å²) in [6.45, 7) is 0.110. The molecule has 0 aliphatic carbocycles. The summed E-state index contributed by atoms with van der Waals surface area (Å²) in [5.74, 6) is -2.37. The van der Waals surface area contributed by atoms with Crippen molar-refractivity contribution in [3.63, 3.8) is 0 Å². The van der Waals surface area contributed by atoms with E-state index in [-0.39, 0.29) is 52.3 Å². The Balaban J connectivity index is 1.46. The maximum Gasteiger partial charge on any atom is 0.356 e. The molecule has 0 aromatic carbocycles. The number of carboxylic acid groups (broad SMARTS) is 1. The van der Waals surface area contributed by atoms with Crippen molar-refractivity contribution in [1.29, 1.82) is 0 Å². The predicted octanol–water partition coefficient (Wildman–Crippen LogP) is -0.933. The fourth-order valence-electron chi connectivity index (χ4n) is 3.61. The van der Waals surface area contributed by atoms with Crippen LogP contribution in [0.3, 0.4) is 0 Å². The molecule has 5 N–H and O–H groups in total. The standard InChI is InChI=1S/C18H20N6O7S2/c1-30-23-11(8-5-33-18(19)21-8)14(26)22-12-15(27)24-13(17(28)29)9(6-32-16(12)24)31-4-7-2-3-10(25)20-7/h5,7,12,16H,2-4,6H2,1H3,(H2,19,21)(H,20,25)(H,22,26)(H,28,29)/b23-11-/t7?,12-,16-/m1/s1.